The number of hydrogen-bond donors (Lipinski definition) is 2. The molecule has 0 bridgehead atoms. The fourth-order valence-electron chi connectivity index (χ4n) is 1.55. The van der Waals surface area contributed by atoms with Gasteiger partial charge >= 0.3 is 5.97 Å². The Morgan fingerprint density at radius 2 is 2.10 bits per heavy atom. The fraction of sp³-hybridized carbons (Fsp3) is 0.0714. The summed E-state index contributed by atoms with van der Waals surface area (Å²) >= 11 is 5.79. The largest absolute Gasteiger partial charge is 0.484 e. The Bertz CT molecular complexity index is 676. The lowest BCUT2D eigenvalue weighted by Gasteiger charge is -2.08. The van der Waals surface area contributed by atoms with E-state index >= 15 is 0 Å². The standard InChI is InChI=1S/C14H11ClN2O4/c15-9-3-1-4-10(7-9)21-8-12(18)17-13-11(14(19)20)5-2-6-16-13/h1-7H,8H2,(H,19,20)(H,16,17,18). The summed E-state index contributed by atoms with van der Waals surface area (Å²) in [6, 6.07) is 9.42. The average molecular weight is 307 g/mol. The average Bonchev–Trinajstić information content (AvgIpc) is 2.45. The topological polar surface area (TPSA) is 88.5 Å². The Balaban J connectivity index is 1.98. The Hall–Kier alpha value is -2.60. The van der Waals surface area contributed by atoms with E-state index < -0.39 is 11.9 Å². The van der Waals surface area contributed by atoms with Crippen LogP contribution in [0.15, 0.2) is 42.6 Å². The Kier molecular flexibility index (Phi) is 4.73. The highest BCUT2D eigenvalue weighted by Crippen LogP contribution is 2.17. The lowest BCUT2D eigenvalue weighted by atomic mass is 10.2. The molecule has 1 amide bonds. The molecule has 0 unspecified atom stereocenters. The molecule has 6 nitrogen and oxygen atoms in total. The number of hydrogen-bond acceptors (Lipinski definition) is 4. The molecule has 2 N–H and O–H groups in total. The van der Waals surface area contributed by atoms with Gasteiger partial charge in [-0.15, -0.1) is 0 Å². The number of aromatic nitrogens is 1. The van der Waals surface area contributed by atoms with E-state index in [1.165, 1.54) is 18.3 Å². The predicted octanol–water partition coefficient (Wildman–Crippen LogP) is 2.45. The molecule has 7 heteroatoms. The van der Waals surface area contributed by atoms with Crippen LogP contribution in [0.4, 0.5) is 5.82 Å². The second kappa shape index (κ2) is 6.71. The Morgan fingerprint density at radius 3 is 2.81 bits per heavy atom. The van der Waals surface area contributed by atoms with Gasteiger partial charge in [0.15, 0.2) is 6.61 Å². The first-order valence-electron chi connectivity index (χ1n) is 5.93. The summed E-state index contributed by atoms with van der Waals surface area (Å²) < 4.78 is 5.25. The third kappa shape index (κ3) is 4.19. The quantitative estimate of drug-likeness (QED) is 0.885. The third-order valence-corrected chi connectivity index (χ3v) is 2.70. The monoisotopic (exact) mass is 306 g/mol. The van der Waals surface area contributed by atoms with Gasteiger partial charge in [-0.25, -0.2) is 9.78 Å². The maximum Gasteiger partial charge on any atom is 0.339 e. The summed E-state index contributed by atoms with van der Waals surface area (Å²) in [7, 11) is 0. The third-order valence-electron chi connectivity index (χ3n) is 2.46. The summed E-state index contributed by atoms with van der Waals surface area (Å²) in [6.07, 6.45) is 1.39. The van der Waals surface area contributed by atoms with Crippen molar-refractivity contribution in [1.29, 1.82) is 0 Å². The molecule has 0 spiro atoms. The highest BCUT2D eigenvalue weighted by atomic mass is 35.5. The van der Waals surface area contributed by atoms with Crippen LogP contribution in [0.1, 0.15) is 10.4 Å². The minimum Gasteiger partial charge on any atom is -0.484 e. The number of carbonyl (C=O) groups is 2. The summed E-state index contributed by atoms with van der Waals surface area (Å²) in [5, 5.41) is 11.9. The number of nitrogens with one attached hydrogen (secondary N) is 1. The fourth-order valence-corrected chi connectivity index (χ4v) is 1.73. The smallest absolute Gasteiger partial charge is 0.339 e. The number of amides is 1. The van der Waals surface area contributed by atoms with Gasteiger partial charge in [-0.3, -0.25) is 4.79 Å². The molecule has 0 aliphatic carbocycles. The van der Waals surface area contributed by atoms with Crippen molar-refractivity contribution < 1.29 is 19.4 Å². The van der Waals surface area contributed by atoms with E-state index in [4.69, 9.17) is 21.4 Å². The molecule has 21 heavy (non-hydrogen) atoms. The summed E-state index contributed by atoms with van der Waals surface area (Å²) in [5.74, 6) is -1.27. The van der Waals surface area contributed by atoms with Crippen molar-refractivity contribution in [3.63, 3.8) is 0 Å². The number of nitrogens with zero attached hydrogens (tertiary/aromatic N) is 1. The second-order valence-corrected chi connectivity index (χ2v) is 4.44. The number of carbonyl (C=O) groups excluding carboxylic acids is 1. The van der Waals surface area contributed by atoms with E-state index in [1.54, 1.807) is 24.3 Å². The van der Waals surface area contributed by atoms with Crippen molar-refractivity contribution in [2.24, 2.45) is 0 Å². The summed E-state index contributed by atoms with van der Waals surface area (Å²) in [4.78, 5) is 26.5. The van der Waals surface area contributed by atoms with E-state index in [9.17, 15) is 9.59 Å². The maximum atomic E-state index is 11.7. The van der Waals surface area contributed by atoms with Gasteiger partial charge in [0.1, 0.15) is 17.1 Å². The Morgan fingerprint density at radius 1 is 1.29 bits per heavy atom. The van der Waals surface area contributed by atoms with Crippen LogP contribution in [-0.4, -0.2) is 28.6 Å². The molecule has 1 heterocycles. The molecule has 0 aliphatic rings. The molecular weight excluding hydrogens is 296 g/mol. The zero-order chi connectivity index (χ0) is 15.2. The van der Waals surface area contributed by atoms with E-state index in [1.807, 2.05) is 0 Å². The first-order valence-corrected chi connectivity index (χ1v) is 6.30. The highest BCUT2D eigenvalue weighted by molar-refractivity contribution is 6.30. The van der Waals surface area contributed by atoms with E-state index in [0.717, 1.165) is 0 Å². The van der Waals surface area contributed by atoms with Gasteiger partial charge in [0, 0.05) is 11.2 Å². The molecule has 0 atom stereocenters. The number of carboxylic acids is 1. The number of rotatable bonds is 5. The maximum absolute atomic E-state index is 11.7. The van der Waals surface area contributed by atoms with Gasteiger partial charge in [0.25, 0.3) is 5.91 Å². The lowest BCUT2D eigenvalue weighted by molar-refractivity contribution is -0.118. The molecule has 0 fully saturated rings. The zero-order valence-electron chi connectivity index (χ0n) is 10.7. The molecule has 0 saturated heterocycles. The Labute approximate surface area is 125 Å². The molecule has 1 aromatic carbocycles. The van der Waals surface area contributed by atoms with Gasteiger partial charge in [-0.2, -0.15) is 0 Å². The second-order valence-electron chi connectivity index (χ2n) is 4.00. The number of carboxylic acid groups (broad SMARTS) is 1. The minimum atomic E-state index is -1.17. The predicted molar refractivity (Wildman–Crippen MR) is 76.8 cm³/mol. The van der Waals surface area contributed by atoms with Gasteiger partial charge in [-0.1, -0.05) is 17.7 Å². The molecule has 0 saturated carbocycles. The van der Waals surface area contributed by atoms with Gasteiger partial charge < -0.3 is 15.2 Å². The van der Waals surface area contributed by atoms with Gasteiger partial charge in [-0.05, 0) is 30.3 Å². The lowest BCUT2D eigenvalue weighted by Crippen LogP contribution is -2.22. The number of benzene rings is 1. The number of pyridine rings is 1. The molecule has 2 rings (SSSR count). The van der Waals surface area contributed by atoms with E-state index in [-0.39, 0.29) is 18.0 Å². The van der Waals surface area contributed by atoms with Crippen molar-refractivity contribution in [3.05, 3.63) is 53.2 Å². The molecule has 0 radical (unpaired) electrons. The number of anilines is 1. The molecular formula is C14H11ClN2O4. The highest BCUT2D eigenvalue weighted by Gasteiger charge is 2.13. The summed E-state index contributed by atoms with van der Waals surface area (Å²) in [5.41, 5.74) is -0.0893. The van der Waals surface area contributed by atoms with Crippen LogP contribution in [-0.2, 0) is 4.79 Å². The minimum absolute atomic E-state index is 0.0234. The van der Waals surface area contributed by atoms with Crippen molar-refractivity contribution in [2.45, 2.75) is 0 Å². The van der Waals surface area contributed by atoms with Crippen LogP contribution < -0.4 is 10.1 Å². The molecule has 0 aliphatic heterocycles. The molecule has 108 valence electrons. The van der Waals surface area contributed by atoms with Crippen LogP contribution in [0.5, 0.6) is 5.75 Å². The molecule has 2 aromatic rings. The SMILES string of the molecule is O=C(COc1cccc(Cl)c1)Nc1ncccc1C(=O)O. The van der Waals surface area contributed by atoms with Crippen molar-refractivity contribution >= 4 is 29.3 Å². The van der Waals surface area contributed by atoms with Crippen molar-refractivity contribution in [2.75, 3.05) is 11.9 Å². The number of ether oxygens (including phenoxy) is 1. The van der Waals surface area contributed by atoms with Crippen molar-refractivity contribution in [1.82, 2.24) is 4.98 Å². The normalized spacial score (nSPS) is 9.95. The van der Waals surface area contributed by atoms with Crippen LogP contribution in [0.25, 0.3) is 0 Å². The first kappa shape index (κ1) is 14.8. The number of aromatic carboxylic acids is 1. The van der Waals surface area contributed by atoms with Crippen LogP contribution in [0.2, 0.25) is 5.02 Å². The van der Waals surface area contributed by atoms with Crippen LogP contribution >= 0.6 is 11.6 Å². The van der Waals surface area contributed by atoms with Crippen LogP contribution in [0.3, 0.4) is 0 Å². The summed E-state index contributed by atoms with van der Waals surface area (Å²) in [6.45, 7) is -0.282. The first-order chi connectivity index (χ1) is 10.1. The van der Waals surface area contributed by atoms with Gasteiger partial charge in [0.05, 0.1) is 0 Å². The zero-order valence-corrected chi connectivity index (χ0v) is 11.5. The van der Waals surface area contributed by atoms with Crippen LogP contribution in [0, 0.1) is 0 Å². The van der Waals surface area contributed by atoms with Crippen molar-refractivity contribution in [3.8, 4) is 5.75 Å². The molecule has 1 aromatic heterocycles. The van der Waals surface area contributed by atoms with E-state index in [0.29, 0.717) is 10.8 Å². The van der Waals surface area contributed by atoms with E-state index in [2.05, 4.69) is 10.3 Å². The number of halogens is 1. The van der Waals surface area contributed by atoms with Gasteiger partial charge in [0.2, 0.25) is 0 Å².